The van der Waals surface area contributed by atoms with Gasteiger partial charge in [-0.15, -0.1) is 0 Å². The van der Waals surface area contributed by atoms with Gasteiger partial charge in [0.2, 0.25) is 5.91 Å². The van der Waals surface area contributed by atoms with E-state index < -0.39 is 0 Å². The number of pyridine rings is 1. The fourth-order valence-corrected chi connectivity index (χ4v) is 2.15. The molecule has 24 heavy (non-hydrogen) atoms. The quantitative estimate of drug-likeness (QED) is 0.852. The minimum absolute atomic E-state index is 0.0717. The highest BCUT2D eigenvalue weighted by atomic mass is 16.5. The van der Waals surface area contributed by atoms with E-state index in [1.54, 1.807) is 37.4 Å². The molecule has 0 saturated heterocycles. The van der Waals surface area contributed by atoms with Crippen LogP contribution in [0.25, 0.3) is 0 Å². The lowest BCUT2D eigenvalue weighted by molar-refractivity contribution is -0.116. The van der Waals surface area contributed by atoms with Crippen LogP contribution in [-0.2, 0) is 4.79 Å². The summed E-state index contributed by atoms with van der Waals surface area (Å²) in [7, 11) is 1.55. The van der Waals surface area contributed by atoms with Gasteiger partial charge in [-0.1, -0.05) is 13.0 Å². The van der Waals surface area contributed by atoms with Crippen LogP contribution >= 0.6 is 0 Å². The van der Waals surface area contributed by atoms with Crippen LogP contribution in [0.4, 0.5) is 11.5 Å². The van der Waals surface area contributed by atoms with Gasteiger partial charge in [-0.2, -0.15) is 0 Å². The zero-order chi connectivity index (χ0) is 17.5. The van der Waals surface area contributed by atoms with Crippen molar-refractivity contribution in [2.45, 2.75) is 26.7 Å². The van der Waals surface area contributed by atoms with Gasteiger partial charge in [0.1, 0.15) is 11.6 Å². The number of rotatable bonds is 6. The monoisotopic (exact) mass is 327 g/mol. The van der Waals surface area contributed by atoms with Crippen molar-refractivity contribution >= 4 is 23.3 Å². The maximum atomic E-state index is 12.3. The molecule has 0 spiro atoms. The third-order valence-electron chi connectivity index (χ3n) is 3.44. The first kappa shape index (κ1) is 17.5. The Bertz CT molecular complexity index is 744. The van der Waals surface area contributed by atoms with E-state index in [1.165, 1.54) is 6.20 Å². The van der Waals surface area contributed by atoms with E-state index in [0.29, 0.717) is 29.2 Å². The summed E-state index contributed by atoms with van der Waals surface area (Å²) in [6.07, 6.45) is 2.77. The number of hydrogen-bond acceptors (Lipinski definition) is 4. The molecule has 0 aliphatic rings. The van der Waals surface area contributed by atoms with Crippen molar-refractivity contribution in [1.29, 1.82) is 0 Å². The van der Waals surface area contributed by atoms with Crippen molar-refractivity contribution in [1.82, 2.24) is 4.98 Å². The van der Waals surface area contributed by atoms with Crippen molar-refractivity contribution in [3.05, 3.63) is 47.7 Å². The number of aromatic nitrogens is 1. The molecule has 2 aromatic rings. The number of aryl methyl sites for hydroxylation is 1. The van der Waals surface area contributed by atoms with Gasteiger partial charge < -0.3 is 15.4 Å². The van der Waals surface area contributed by atoms with Gasteiger partial charge in [-0.3, -0.25) is 9.59 Å². The smallest absolute Gasteiger partial charge is 0.255 e. The van der Waals surface area contributed by atoms with Crippen LogP contribution in [0.2, 0.25) is 0 Å². The zero-order valence-corrected chi connectivity index (χ0v) is 14.1. The molecule has 1 aromatic carbocycles. The summed E-state index contributed by atoms with van der Waals surface area (Å²) in [5, 5.41) is 5.55. The molecule has 1 aromatic heterocycles. The third kappa shape index (κ3) is 4.55. The summed E-state index contributed by atoms with van der Waals surface area (Å²) >= 11 is 0. The number of methoxy groups -OCH3 is 1. The molecule has 126 valence electrons. The Balaban J connectivity index is 2.09. The fraction of sp³-hybridized carbons (Fsp3) is 0.278. The number of hydrogen-bond donors (Lipinski definition) is 2. The molecule has 0 aliphatic carbocycles. The second-order valence-electron chi connectivity index (χ2n) is 5.37. The Morgan fingerprint density at radius 1 is 1.21 bits per heavy atom. The van der Waals surface area contributed by atoms with Gasteiger partial charge in [0, 0.05) is 12.0 Å². The van der Waals surface area contributed by atoms with Crippen molar-refractivity contribution < 1.29 is 14.3 Å². The van der Waals surface area contributed by atoms with E-state index in [-0.39, 0.29) is 11.8 Å². The SMILES string of the molecule is CCCC(=O)Nc1cc(C)c(NC(=O)c2cccc(OC)c2)cn1. The van der Waals surface area contributed by atoms with Crippen molar-refractivity contribution in [3.63, 3.8) is 0 Å². The van der Waals surface area contributed by atoms with Gasteiger partial charge in [0.25, 0.3) is 5.91 Å². The van der Waals surface area contributed by atoms with Crippen LogP contribution in [0.15, 0.2) is 36.5 Å². The first-order valence-corrected chi connectivity index (χ1v) is 7.75. The molecule has 0 radical (unpaired) electrons. The lowest BCUT2D eigenvalue weighted by Crippen LogP contribution is -2.15. The summed E-state index contributed by atoms with van der Waals surface area (Å²) in [5.41, 5.74) is 1.90. The van der Waals surface area contributed by atoms with Gasteiger partial charge in [-0.05, 0) is 43.2 Å². The molecular weight excluding hydrogens is 306 g/mol. The van der Waals surface area contributed by atoms with Crippen molar-refractivity contribution in [3.8, 4) is 5.75 Å². The second-order valence-corrected chi connectivity index (χ2v) is 5.37. The van der Waals surface area contributed by atoms with Crippen molar-refractivity contribution in [2.75, 3.05) is 17.7 Å². The van der Waals surface area contributed by atoms with E-state index >= 15 is 0 Å². The van der Waals surface area contributed by atoms with Gasteiger partial charge in [0.15, 0.2) is 0 Å². The zero-order valence-electron chi connectivity index (χ0n) is 14.1. The number of nitrogens with zero attached hydrogens (tertiary/aromatic N) is 1. The molecule has 0 aliphatic heterocycles. The van der Waals surface area contributed by atoms with Crippen LogP contribution in [0.1, 0.15) is 35.7 Å². The lowest BCUT2D eigenvalue weighted by atomic mass is 10.2. The highest BCUT2D eigenvalue weighted by molar-refractivity contribution is 6.04. The van der Waals surface area contributed by atoms with Crippen LogP contribution in [0.5, 0.6) is 5.75 Å². The molecule has 0 saturated carbocycles. The van der Waals surface area contributed by atoms with E-state index in [2.05, 4.69) is 15.6 Å². The first-order chi connectivity index (χ1) is 11.5. The highest BCUT2D eigenvalue weighted by Gasteiger charge is 2.10. The second kappa shape index (κ2) is 8.10. The molecule has 0 unspecified atom stereocenters. The number of amides is 2. The van der Waals surface area contributed by atoms with Gasteiger partial charge in [-0.25, -0.2) is 4.98 Å². The fourth-order valence-electron chi connectivity index (χ4n) is 2.15. The molecule has 0 bridgehead atoms. The molecule has 0 atom stereocenters. The number of carbonyl (C=O) groups excluding carboxylic acids is 2. The topological polar surface area (TPSA) is 80.3 Å². The van der Waals surface area contributed by atoms with E-state index in [4.69, 9.17) is 4.74 Å². The summed E-state index contributed by atoms with van der Waals surface area (Å²) in [5.74, 6) is 0.774. The molecule has 2 amide bonds. The molecular formula is C18H21N3O3. The summed E-state index contributed by atoms with van der Waals surface area (Å²) in [6, 6.07) is 8.63. The van der Waals surface area contributed by atoms with E-state index in [1.807, 2.05) is 13.8 Å². The van der Waals surface area contributed by atoms with Crippen LogP contribution in [0.3, 0.4) is 0 Å². The van der Waals surface area contributed by atoms with Gasteiger partial charge >= 0.3 is 0 Å². The number of benzene rings is 1. The predicted octanol–water partition coefficient (Wildman–Crippen LogP) is 3.39. The van der Waals surface area contributed by atoms with E-state index in [9.17, 15) is 9.59 Å². The van der Waals surface area contributed by atoms with Gasteiger partial charge in [0.05, 0.1) is 19.0 Å². The largest absolute Gasteiger partial charge is 0.497 e. The van der Waals surface area contributed by atoms with Crippen LogP contribution in [-0.4, -0.2) is 23.9 Å². The minimum Gasteiger partial charge on any atom is -0.497 e. The minimum atomic E-state index is -0.249. The summed E-state index contributed by atoms with van der Waals surface area (Å²) in [6.45, 7) is 3.79. The maximum absolute atomic E-state index is 12.3. The number of nitrogens with one attached hydrogen (secondary N) is 2. The number of anilines is 2. The highest BCUT2D eigenvalue weighted by Crippen LogP contribution is 2.19. The van der Waals surface area contributed by atoms with Crippen molar-refractivity contribution in [2.24, 2.45) is 0 Å². The number of carbonyl (C=O) groups is 2. The number of ether oxygens (including phenoxy) is 1. The standard InChI is InChI=1S/C18H21N3O3/c1-4-6-17(22)21-16-9-12(2)15(11-19-16)20-18(23)13-7-5-8-14(10-13)24-3/h5,7-11H,4,6H2,1-3H3,(H,20,23)(H,19,21,22). The molecule has 2 rings (SSSR count). The predicted molar refractivity (Wildman–Crippen MR) is 93.5 cm³/mol. The molecule has 6 nitrogen and oxygen atoms in total. The maximum Gasteiger partial charge on any atom is 0.255 e. The average molecular weight is 327 g/mol. The van der Waals surface area contributed by atoms with Crippen LogP contribution in [0, 0.1) is 6.92 Å². The molecule has 2 N–H and O–H groups in total. The third-order valence-corrected chi connectivity index (χ3v) is 3.44. The van der Waals surface area contributed by atoms with Crippen LogP contribution < -0.4 is 15.4 Å². The molecule has 0 fully saturated rings. The Morgan fingerprint density at radius 2 is 2.00 bits per heavy atom. The Hall–Kier alpha value is -2.89. The Kier molecular flexibility index (Phi) is 5.89. The van der Waals surface area contributed by atoms with E-state index in [0.717, 1.165) is 12.0 Å². The first-order valence-electron chi connectivity index (χ1n) is 7.75. The summed E-state index contributed by atoms with van der Waals surface area (Å²) < 4.78 is 5.12. The molecule has 6 heteroatoms. The Labute approximate surface area is 141 Å². The normalized spacial score (nSPS) is 10.1. The molecule has 1 heterocycles. The average Bonchev–Trinajstić information content (AvgIpc) is 2.57. The Morgan fingerprint density at radius 3 is 2.67 bits per heavy atom. The summed E-state index contributed by atoms with van der Waals surface area (Å²) in [4.78, 5) is 28.1. The lowest BCUT2D eigenvalue weighted by Gasteiger charge is -2.11.